The number of pyridine rings is 1. The Morgan fingerprint density at radius 3 is 2.70 bits per heavy atom. The molecule has 2 rings (SSSR count). The fourth-order valence-electron chi connectivity index (χ4n) is 3.62. The summed E-state index contributed by atoms with van der Waals surface area (Å²) in [6.45, 7) is 9.93. The predicted octanol–water partition coefficient (Wildman–Crippen LogP) is 3.42. The number of nitrogens with zero attached hydrogens (tertiary/aromatic N) is 1. The van der Waals surface area contributed by atoms with E-state index in [9.17, 15) is 0 Å². The van der Waals surface area contributed by atoms with Gasteiger partial charge >= 0.3 is 0 Å². The van der Waals surface area contributed by atoms with Gasteiger partial charge in [-0.25, -0.2) is 0 Å². The number of methoxy groups -OCH3 is 1. The SMILES string of the molecule is COc1c(C)cnc(CC2(CC(C)C)CCCN2)c1C. The van der Waals surface area contributed by atoms with Crippen LogP contribution in [0.15, 0.2) is 6.20 Å². The summed E-state index contributed by atoms with van der Waals surface area (Å²) in [7, 11) is 1.75. The average Bonchev–Trinajstić information content (AvgIpc) is 2.81. The largest absolute Gasteiger partial charge is 0.496 e. The van der Waals surface area contributed by atoms with Gasteiger partial charge in [0.05, 0.1) is 7.11 Å². The third-order valence-corrected chi connectivity index (χ3v) is 4.39. The highest BCUT2D eigenvalue weighted by Gasteiger charge is 2.35. The van der Waals surface area contributed by atoms with E-state index >= 15 is 0 Å². The van der Waals surface area contributed by atoms with E-state index in [1.807, 2.05) is 6.20 Å². The second kappa shape index (κ2) is 6.13. The van der Waals surface area contributed by atoms with E-state index in [0.29, 0.717) is 5.92 Å². The Morgan fingerprint density at radius 2 is 2.15 bits per heavy atom. The van der Waals surface area contributed by atoms with Crippen molar-refractivity contribution in [2.45, 2.75) is 58.9 Å². The third-order valence-electron chi connectivity index (χ3n) is 4.39. The minimum absolute atomic E-state index is 0.228. The van der Waals surface area contributed by atoms with E-state index in [1.54, 1.807) is 7.11 Å². The molecule has 0 aromatic carbocycles. The quantitative estimate of drug-likeness (QED) is 0.895. The molecule has 20 heavy (non-hydrogen) atoms. The summed E-state index contributed by atoms with van der Waals surface area (Å²) in [5, 5.41) is 3.75. The Balaban J connectivity index is 2.27. The molecule has 0 aliphatic carbocycles. The van der Waals surface area contributed by atoms with Crippen LogP contribution in [0.5, 0.6) is 5.75 Å². The molecule has 1 fully saturated rings. The molecular weight excluding hydrogens is 248 g/mol. The maximum atomic E-state index is 5.53. The predicted molar refractivity (Wildman–Crippen MR) is 83.4 cm³/mol. The minimum Gasteiger partial charge on any atom is -0.496 e. The number of ether oxygens (including phenoxy) is 1. The van der Waals surface area contributed by atoms with Crippen LogP contribution in [0.1, 0.15) is 49.9 Å². The Kier molecular flexibility index (Phi) is 4.69. The van der Waals surface area contributed by atoms with Gasteiger partial charge < -0.3 is 10.1 Å². The molecule has 1 N–H and O–H groups in total. The van der Waals surface area contributed by atoms with Crippen molar-refractivity contribution in [2.24, 2.45) is 5.92 Å². The van der Waals surface area contributed by atoms with E-state index in [1.165, 1.54) is 30.5 Å². The first-order chi connectivity index (χ1) is 9.47. The lowest BCUT2D eigenvalue weighted by molar-refractivity contribution is 0.298. The van der Waals surface area contributed by atoms with Crippen LogP contribution in [0.3, 0.4) is 0 Å². The van der Waals surface area contributed by atoms with E-state index in [-0.39, 0.29) is 5.54 Å². The zero-order valence-electron chi connectivity index (χ0n) is 13.5. The lowest BCUT2D eigenvalue weighted by Crippen LogP contribution is -2.43. The zero-order chi connectivity index (χ0) is 14.8. The second-order valence-corrected chi connectivity index (χ2v) is 6.63. The minimum atomic E-state index is 0.228. The van der Waals surface area contributed by atoms with Crippen molar-refractivity contribution in [1.29, 1.82) is 0 Å². The van der Waals surface area contributed by atoms with Crippen LogP contribution >= 0.6 is 0 Å². The smallest absolute Gasteiger partial charge is 0.128 e. The van der Waals surface area contributed by atoms with Crippen molar-refractivity contribution in [3.05, 3.63) is 23.0 Å². The summed E-state index contributed by atoms with van der Waals surface area (Å²) < 4.78 is 5.53. The van der Waals surface area contributed by atoms with Gasteiger partial charge in [0.15, 0.2) is 0 Å². The van der Waals surface area contributed by atoms with Crippen LogP contribution in [0, 0.1) is 19.8 Å². The number of aromatic nitrogens is 1. The molecule has 1 unspecified atom stereocenters. The first-order valence-electron chi connectivity index (χ1n) is 7.71. The van der Waals surface area contributed by atoms with E-state index in [0.717, 1.165) is 24.3 Å². The standard InChI is InChI=1S/C17H28N2O/c1-12(2)9-17(7-6-8-19-17)10-15-14(4)16(20-5)13(3)11-18-15/h11-12,19H,6-10H2,1-5H3. The van der Waals surface area contributed by atoms with Crippen LogP contribution in [-0.4, -0.2) is 24.2 Å². The Morgan fingerprint density at radius 1 is 1.40 bits per heavy atom. The highest BCUT2D eigenvalue weighted by atomic mass is 16.5. The van der Waals surface area contributed by atoms with Crippen molar-refractivity contribution < 1.29 is 4.74 Å². The highest BCUT2D eigenvalue weighted by Crippen LogP contribution is 2.33. The lowest BCUT2D eigenvalue weighted by Gasteiger charge is -2.32. The van der Waals surface area contributed by atoms with Gasteiger partial charge in [-0.05, 0) is 45.6 Å². The molecule has 0 amide bonds. The fraction of sp³-hybridized carbons (Fsp3) is 0.706. The van der Waals surface area contributed by atoms with Gasteiger partial charge in [0.25, 0.3) is 0 Å². The number of hydrogen-bond donors (Lipinski definition) is 1. The number of hydrogen-bond acceptors (Lipinski definition) is 3. The Labute approximate surface area is 123 Å². The molecule has 0 spiro atoms. The summed E-state index contributed by atoms with van der Waals surface area (Å²) in [5.41, 5.74) is 3.73. The molecular formula is C17H28N2O. The first kappa shape index (κ1) is 15.3. The monoisotopic (exact) mass is 276 g/mol. The van der Waals surface area contributed by atoms with Gasteiger partial charge in [0, 0.05) is 35.0 Å². The van der Waals surface area contributed by atoms with Gasteiger partial charge in [-0.1, -0.05) is 13.8 Å². The highest BCUT2D eigenvalue weighted by molar-refractivity contribution is 5.41. The van der Waals surface area contributed by atoms with Gasteiger partial charge in [0.2, 0.25) is 0 Å². The molecule has 0 bridgehead atoms. The second-order valence-electron chi connectivity index (χ2n) is 6.63. The fourth-order valence-corrected chi connectivity index (χ4v) is 3.62. The first-order valence-corrected chi connectivity index (χ1v) is 7.71. The van der Waals surface area contributed by atoms with Crippen molar-refractivity contribution in [3.8, 4) is 5.75 Å². The number of aryl methyl sites for hydroxylation is 1. The van der Waals surface area contributed by atoms with E-state index in [4.69, 9.17) is 4.74 Å². The normalized spacial score (nSPS) is 22.5. The van der Waals surface area contributed by atoms with Gasteiger partial charge in [-0.2, -0.15) is 0 Å². The summed E-state index contributed by atoms with van der Waals surface area (Å²) >= 11 is 0. The van der Waals surface area contributed by atoms with E-state index < -0.39 is 0 Å². The van der Waals surface area contributed by atoms with Crippen LogP contribution in [-0.2, 0) is 6.42 Å². The molecule has 1 aliphatic rings. The van der Waals surface area contributed by atoms with Crippen LogP contribution < -0.4 is 10.1 Å². The van der Waals surface area contributed by atoms with Gasteiger partial charge in [0.1, 0.15) is 5.75 Å². The van der Waals surface area contributed by atoms with Crippen molar-refractivity contribution in [2.75, 3.05) is 13.7 Å². The Bertz CT molecular complexity index is 462. The van der Waals surface area contributed by atoms with E-state index in [2.05, 4.69) is 38.0 Å². The molecule has 0 radical (unpaired) electrons. The van der Waals surface area contributed by atoms with Crippen molar-refractivity contribution in [3.63, 3.8) is 0 Å². The zero-order valence-corrected chi connectivity index (χ0v) is 13.5. The summed E-state index contributed by atoms with van der Waals surface area (Å²) in [5.74, 6) is 1.70. The van der Waals surface area contributed by atoms with Gasteiger partial charge in [-0.15, -0.1) is 0 Å². The molecule has 112 valence electrons. The molecule has 1 aliphatic heterocycles. The Hall–Kier alpha value is -1.09. The summed E-state index contributed by atoms with van der Waals surface area (Å²) in [6.07, 6.45) is 6.69. The van der Waals surface area contributed by atoms with Crippen LogP contribution in [0.2, 0.25) is 0 Å². The summed E-state index contributed by atoms with van der Waals surface area (Å²) in [6, 6.07) is 0. The van der Waals surface area contributed by atoms with Gasteiger partial charge in [-0.3, -0.25) is 4.98 Å². The maximum absolute atomic E-state index is 5.53. The average molecular weight is 276 g/mol. The molecule has 0 saturated carbocycles. The number of rotatable bonds is 5. The van der Waals surface area contributed by atoms with Crippen molar-refractivity contribution in [1.82, 2.24) is 10.3 Å². The molecule has 3 heteroatoms. The third kappa shape index (κ3) is 3.14. The molecule has 2 heterocycles. The molecule has 1 aromatic heterocycles. The molecule has 3 nitrogen and oxygen atoms in total. The molecule has 1 aromatic rings. The summed E-state index contributed by atoms with van der Waals surface area (Å²) in [4.78, 5) is 4.68. The van der Waals surface area contributed by atoms with Crippen LogP contribution in [0.25, 0.3) is 0 Å². The molecule has 1 atom stereocenters. The topological polar surface area (TPSA) is 34.1 Å². The maximum Gasteiger partial charge on any atom is 0.128 e. The van der Waals surface area contributed by atoms with Crippen LogP contribution in [0.4, 0.5) is 0 Å². The lowest BCUT2D eigenvalue weighted by atomic mass is 9.82. The van der Waals surface area contributed by atoms with Crippen molar-refractivity contribution >= 4 is 0 Å². The molecule has 1 saturated heterocycles. The number of nitrogens with one attached hydrogen (secondary N) is 1.